The van der Waals surface area contributed by atoms with Crippen LogP contribution in [0.15, 0.2) is 30.3 Å². The zero-order chi connectivity index (χ0) is 8.39. The van der Waals surface area contributed by atoms with Gasteiger partial charge in [-0.15, -0.1) is 12.4 Å². The number of nitrogens with one attached hydrogen (secondary N) is 1. The first kappa shape index (κ1) is 10.5. The molecule has 1 nitrogen and oxygen atoms in total. The van der Waals surface area contributed by atoms with E-state index in [1.54, 1.807) is 0 Å². The van der Waals surface area contributed by atoms with Gasteiger partial charge < -0.3 is 5.32 Å². The minimum atomic E-state index is -0.715. The number of alkyl halides is 1. The monoisotopic (exact) mass is 201 g/mol. The van der Waals surface area contributed by atoms with Crippen molar-refractivity contribution in [1.29, 1.82) is 0 Å². The van der Waals surface area contributed by atoms with Crippen LogP contribution in [0.5, 0.6) is 0 Å². The highest BCUT2D eigenvalue weighted by Crippen LogP contribution is 2.24. The van der Waals surface area contributed by atoms with Crippen molar-refractivity contribution < 1.29 is 4.39 Å². The smallest absolute Gasteiger partial charge is 0.121 e. The summed E-state index contributed by atoms with van der Waals surface area (Å²) in [4.78, 5) is 0. The Kier molecular flexibility index (Phi) is 3.70. The van der Waals surface area contributed by atoms with Crippen molar-refractivity contribution in [3.05, 3.63) is 35.9 Å². The van der Waals surface area contributed by atoms with E-state index in [2.05, 4.69) is 5.32 Å². The van der Waals surface area contributed by atoms with E-state index in [4.69, 9.17) is 0 Å². The molecule has 0 amide bonds. The molecule has 1 heterocycles. The molecule has 0 saturated carbocycles. The van der Waals surface area contributed by atoms with Crippen molar-refractivity contribution >= 4 is 12.4 Å². The van der Waals surface area contributed by atoms with Crippen molar-refractivity contribution in [2.45, 2.75) is 12.1 Å². The van der Waals surface area contributed by atoms with Crippen LogP contribution in [0.25, 0.3) is 0 Å². The van der Waals surface area contributed by atoms with Crippen molar-refractivity contribution in [1.82, 2.24) is 5.32 Å². The lowest BCUT2D eigenvalue weighted by atomic mass is 9.97. The average molecular weight is 202 g/mol. The fraction of sp³-hybridized carbons (Fsp3) is 0.400. The van der Waals surface area contributed by atoms with Gasteiger partial charge in [0.05, 0.1) is 0 Å². The predicted molar refractivity (Wildman–Crippen MR) is 54.2 cm³/mol. The van der Waals surface area contributed by atoms with Gasteiger partial charge >= 0.3 is 0 Å². The highest BCUT2D eigenvalue weighted by molar-refractivity contribution is 5.85. The Balaban J connectivity index is 0.000000845. The molecule has 0 aromatic heterocycles. The van der Waals surface area contributed by atoms with Crippen molar-refractivity contribution in [2.75, 3.05) is 13.1 Å². The van der Waals surface area contributed by atoms with E-state index in [9.17, 15) is 4.39 Å². The zero-order valence-electron chi connectivity index (χ0n) is 7.24. The van der Waals surface area contributed by atoms with Crippen LogP contribution >= 0.6 is 12.4 Å². The fourth-order valence-corrected chi connectivity index (χ4v) is 1.67. The molecule has 1 aliphatic rings. The van der Waals surface area contributed by atoms with Crippen LogP contribution in [0.4, 0.5) is 4.39 Å². The zero-order valence-corrected chi connectivity index (χ0v) is 8.06. The molecule has 13 heavy (non-hydrogen) atoms. The van der Waals surface area contributed by atoms with Crippen LogP contribution in [0.1, 0.15) is 11.5 Å². The maximum absolute atomic E-state index is 13.2. The lowest BCUT2D eigenvalue weighted by molar-refractivity contribution is 0.332. The molecule has 2 rings (SSSR count). The summed E-state index contributed by atoms with van der Waals surface area (Å²) in [6.07, 6.45) is -0.715. The average Bonchev–Trinajstić information content (AvgIpc) is 2.53. The summed E-state index contributed by atoms with van der Waals surface area (Å²) < 4.78 is 13.2. The molecule has 1 aromatic carbocycles. The number of rotatable bonds is 1. The number of benzene rings is 1. The lowest BCUT2D eigenvalue weighted by Crippen LogP contribution is -2.10. The molecule has 0 unspecified atom stereocenters. The summed E-state index contributed by atoms with van der Waals surface area (Å²) in [6, 6.07) is 9.86. The second-order valence-electron chi connectivity index (χ2n) is 3.19. The van der Waals surface area contributed by atoms with Gasteiger partial charge in [-0.2, -0.15) is 0 Å². The minimum Gasteiger partial charge on any atom is -0.313 e. The number of halogens is 2. The summed E-state index contributed by atoms with van der Waals surface area (Å²) in [5.41, 5.74) is 1.11. The highest BCUT2D eigenvalue weighted by Gasteiger charge is 2.27. The van der Waals surface area contributed by atoms with Crippen molar-refractivity contribution in [3.63, 3.8) is 0 Å². The Morgan fingerprint density at radius 3 is 2.38 bits per heavy atom. The summed E-state index contributed by atoms with van der Waals surface area (Å²) in [5.74, 6) is 0.0613. The first-order valence-corrected chi connectivity index (χ1v) is 4.27. The largest absolute Gasteiger partial charge is 0.313 e. The molecule has 1 N–H and O–H groups in total. The maximum atomic E-state index is 13.2. The normalized spacial score (nSPS) is 26.8. The second-order valence-corrected chi connectivity index (χ2v) is 3.19. The molecular weight excluding hydrogens is 189 g/mol. The van der Waals surface area contributed by atoms with Crippen LogP contribution in [0.2, 0.25) is 0 Å². The maximum Gasteiger partial charge on any atom is 0.121 e. The second kappa shape index (κ2) is 4.58. The van der Waals surface area contributed by atoms with Gasteiger partial charge in [-0.25, -0.2) is 4.39 Å². The van der Waals surface area contributed by atoms with Gasteiger partial charge in [0, 0.05) is 19.0 Å². The third-order valence-electron chi connectivity index (χ3n) is 2.37. The number of hydrogen-bond acceptors (Lipinski definition) is 1. The van der Waals surface area contributed by atoms with Crippen LogP contribution in [0, 0.1) is 0 Å². The Hall–Kier alpha value is -0.600. The molecule has 1 fully saturated rings. The SMILES string of the molecule is Cl.F[C@@H]1CNC[C@@H]1c1ccccc1. The fourth-order valence-electron chi connectivity index (χ4n) is 1.67. The van der Waals surface area contributed by atoms with Gasteiger partial charge in [-0.3, -0.25) is 0 Å². The summed E-state index contributed by atoms with van der Waals surface area (Å²) >= 11 is 0. The Morgan fingerprint density at radius 1 is 1.15 bits per heavy atom. The van der Waals surface area contributed by atoms with E-state index in [-0.39, 0.29) is 18.3 Å². The Labute approximate surface area is 83.8 Å². The van der Waals surface area contributed by atoms with Gasteiger partial charge in [-0.05, 0) is 5.56 Å². The summed E-state index contributed by atoms with van der Waals surface area (Å²) in [5, 5.41) is 3.05. The summed E-state index contributed by atoms with van der Waals surface area (Å²) in [7, 11) is 0. The van der Waals surface area contributed by atoms with Gasteiger partial charge in [0.1, 0.15) is 6.17 Å². The van der Waals surface area contributed by atoms with E-state index < -0.39 is 6.17 Å². The summed E-state index contributed by atoms with van der Waals surface area (Å²) in [6.45, 7) is 1.27. The van der Waals surface area contributed by atoms with Gasteiger partial charge in [0.25, 0.3) is 0 Å². The quantitative estimate of drug-likeness (QED) is 0.734. The molecule has 1 aliphatic heterocycles. The first-order valence-electron chi connectivity index (χ1n) is 4.27. The predicted octanol–water partition coefficient (Wildman–Crippen LogP) is 2.13. The topological polar surface area (TPSA) is 12.0 Å². The molecule has 0 aliphatic carbocycles. The van der Waals surface area contributed by atoms with E-state index in [1.165, 1.54) is 0 Å². The van der Waals surface area contributed by atoms with Gasteiger partial charge in [0.15, 0.2) is 0 Å². The molecule has 2 atom stereocenters. The van der Waals surface area contributed by atoms with E-state index in [0.29, 0.717) is 6.54 Å². The van der Waals surface area contributed by atoms with E-state index >= 15 is 0 Å². The first-order chi connectivity index (χ1) is 5.88. The molecule has 0 radical (unpaired) electrons. The van der Waals surface area contributed by atoms with E-state index in [1.807, 2.05) is 30.3 Å². The van der Waals surface area contributed by atoms with Crippen LogP contribution in [-0.4, -0.2) is 19.3 Å². The molecule has 1 saturated heterocycles. The third-order valence-corrected chi connectivity index (χ3v) is 2.37. The van der Waals surface area contributed by atoms with E-state index in [0.717, 1.165) is 12.1 Å². The molecule has 0 bridgehead atoms. The standard InChI is InChI=1S/C10H12FN.ClH/c11-10-7-12-6-9(10)8-4-2-1-3-5-8;/h1-5,9-10,12H,6-7H2;1H/t9-,10-;/m1./s1. The van der Waals surface area contributed by atoms with Crippen molar-refractivity contribution in [3.8, 4) is 0 Å². The molecule has 1 aromatic rings. The molecule has 0 spiro atoms. The third kappa shape index (κ3) is 2.20. The Bertz CT molecular complexity index is 252. The van der Waals surface area contributed by atoms with Crippen molar-refractivity contribution in [2.24, 2.45) is 0 Å². The lowest BCUT2D eigenvalue weighted by Gasteiger charge is -2.10. The van der Waals surface area contributed by atoms with Crippen LogP contribution < -0.4 is 5.32 Å². The molecule has 3 heteroatoms. The number of hydrogen-bond donors (Lipinski definition) is 1. The highest BCUT2D eigenvalue weighted by atomic mass is 35.5. The van der Waals surface area contributed by atoms with Crippen LogP contribution in [0.3, 0.4) is 0 Å². The molecule has 72 valence electrons. The molecular formula is C10H13ClFN. The van der Waals surface area contributed by atoms with Gasteiger partial charge in [-0.1, -0.05) is 30.3 Å². The van der Waals surface area contributed by atoms with Gasteiger partial charge in [0.2, 0.25) is 0 Å². The Morgan fingerprint density at radius 2 is 1.85 bits per heavy atom. The minimum absolute atomic E-state index is 0. The van der Waals surface area contributed by atoms with Crippen LogP contribution in [-0.2, 0) is 0 Å².